The molecule has 0 aromatic heterocycles. The van der Waals surface area contributed by atoms with Crippen LogP contribution in [0, 0.1) is 17.3 Å². The maximum Gasteiger partial charge on any atom is 0.263 e. The van der Waals surface area contributed by atoms with Crippen molar-refractivity contribution in [3.63, 3.8) is 0 Å². The van der Waals surface area contributed by atoms with E-state index < -0.39 is 21.8 Å². The molecule has 1 unspecified atom stereocenters. The van der Waals surface area contributed by atoms with Gasteiger partial charge in [-0.05, 0) is 31.0 Å². The van der Waals surface area contributed by atoms with Gasteiger partial charge in [0.15, 0.2) is 33.7 Å². The third kappa shape index (κ3) is 3.75. The zero-order chi connectivity index (χ0) is 18.9. The lowest BCUT2D eigenvalue weighted by Gasteiger charge is -2.34. The lowest BCUT2D eigenvalue weighted by atomic mass is 10.0. The van der Waals surface area contributed by atoms with Crippen molar-refractivity contribution in [3.05, 3.63) is 24.0 Å². The van der Waals surface area contributed by atoms with Crippen LogP contribution in [0.15, 0.2) is 23.1 Å². The van der Waals surface area contributed by atoms with E-state index in [0.29, 0.717) is 26.1 Å². The summed E-state index contributed by atoms with van der Waals surface area (Å²) >= 11 is 0. The molecule has 2 fully saturated rings. The van der Waals surface area contributed by atoms with E-state index >= 15 is 0 Å². The summed E-state index contributed by atoms with van der Waals surface area (Å²) in [5.41, 5.74) is 0. The highest BCUT2D eigenvalue weighted by atomic mass is 32.2. The molecule has 1 amide bonds. The summed E-state index contributed by atoms with van der Waals surface area (Å²) in [7, 11) is -3.51. The lowest BCUT2D eigenvalue weighted by Crippen LogP contribution is -2.45. The summed E-state index contributed by atoms with van der Waals surface area (Å²) in [6.07, 6.45) is 4.23. The molecule has 2 heterocycles. The standard InChI is InChI=1S/C17H20FN3O4S/c1-26(23,24)13-2-3-15(14(18)10-13)25-16-6-9-21(17(16)22)12-4-7-20(11-19)8-5-12/h2-3,10,12,16H,4-9H2,1H3. The van der Waals surface area contributed by atoms with E-state index in [1.54, 1.807) is 9.80 Å². The predicted molar refractivity (Wildman–Crippen MR) is 90.5 cm³/mol. The van der Waals surface area contributed by atoms with E-state index in [1.807, 2.05) is 0 Å². The molecular formula is C17H20FN3O4S. The van der Waals surface area contributed by atoms with Crippen LogP contribution >= 0.6 is 0 Å². The molecule has 9 heteroatoms. The molecule has 0 spiro atoms. The lowest BCUT2D eigenvalue weighted by molar-refractivity contribution is -0.136. The molecular weight excluding hydrogens is 361 g/mol. The minimum atomic E-state index is -3.51. The van der Waals surface area contributed by atoms with E-state index in [1.165, 1.54) is 12.1 Å². The summed E-state index contributed by atoms with van der Waals surface area (Å²) in [5.74, 6) is -1.12. The van der Waals surface area contributed by atoms with Gasteiger partial charge < -0.3 is 14.5 Å². The summed E-state index contributed by atoms with van der Waals surface area (Å²) in [6.45, 7) is 1.78. The van der Waals surface area contributed by atoms with Crippen molar-refractivity contribution in [1.82, 2.24) is 9.80 Å². The van der Waals surface area contributed by atoms with Gasteiger partial charge in [-0.1, -0.05) is 0 Å². The molecule has 140 valence electrons. The van der Waals surface area contributed by atoms with Gasteiger partial charge in [0.05, 0.1) is 4.90 Å². The second-order valence-electron chi connectivity index (χ2n) is 6.61. The van der Waals surface area contributed by atoms with Gasteiger partial charge in [0.25, 0.3) is 5.91 Å². The molecule has 2 aliphatic heterocycles. The second-order valence-corrected chi connectivity index (χ2v) is 8.63. The minimum Gasteiger partial charge on any atom is -0.477 e. The topological polar surface area (TPSA) is 90.7 Å². The Hall–Kier alpha value is -2.34. The average Bonchev–Trinajstić information content (AvgIpc) is 2.96. The minimum absolute atomic E-state index is 0.0677. The third-order valence-electron chi connectivity index (χ3n) is 4.84. The summed E-state index contributed by atoms with van der Waals surface area (Å²) in [4.78, 5) is 15.9. The van der Waals surface area contributed by atoms with E-state index in [0.717, 1.165) is 25.2 Å². The molecule has 1 aromatic carbocycles. The van der Waals surface area contributed by atoms with Crippen molar-refractivity contribution >= 4 is 15.7 Å². The second kappa shape index (κ2) is 7.11. The van der Waals surface area contributed by atoms with Crippen molar-refractivity contribution in [2.24, 2.45) is 0 Å². The van der Waals surface area contributed by atoms with Crippen LogP contribution in [0.5, 0.6) is 5.75 Å². The number of nitrogens with zero attached hydrogens (tertiary/aromatic N) is 3. The summed E-state index contributed by atoms with van der Waals surface area (Å²) in [5, 5.41) is 8.90. The average molecular weight is 381 g/mol. The Morgan fingerprint density at radius 3 is 2.50 bits per heavy atom. The van der Waals surface area contributed by atoms with E-state index in [-0.39, 0.29) is 22.6 Å². The number of halogens is 1. The summed E-state index contributed by atoms with van der Waals surface area (Å²) < 4.78 is 42.6. The first-order valence-corrected chi connectivity index (χ1v) is 10.3. The highest BCUT2D eigenvalue weighted by molar-refractivity contribution is 7.90. The van der Waals surface area contributed by atoms with Crippen LogP contribution in [0.1, 0.15) is 19.3 Å². The predicted octanol–water partition coefficient (Wildman–Crippen LogP) is 1.15. The molecule has 7 nitrogen and oxygen atoms in total. The van der Waals surface area contributed by atoms with Crippen molar-refractivity contribution in [3.8, 4) is 11.9 Å². The molecule has 0 N–H and O–H groups in total. The number of hydrogen-bond acceptors (Lipinski definition) is 6. The number of hydrogen-bond donors (Lipinski definition) is 0. The van der Waals surface area contributed by atoms with E-state index in [9.17, 15) is 17.6 Å². The van der Waals surface area contributed by atoms with Crippen molar-refractivity contribution < 1.29 is 22.3 Å². The van der Waals surface area contributed by atoms with Crippen LogP contribution in [0.25, 0.3) is 0 Å². The summed E-state index contributed by atoms with van der Waals surface area (Å²) in [6, 6.07) is 3.48. The molecule has 2 saturated heterocycles. The zero-order valence-corrected chi connectivity index (χ0v) is 15.2. The number of amides is 1. The Kier molecular flexibility index (Phi) is 5.05. The number of sulfone groups is 1. The fourth-order valence-electron chi connectivity index (χ4n) is 3.39. The zero-order valence-electron chi connectivity index (χ0n) is 14.4. The van der Waals surface area contributed by atoms with Crippen LogP contribution in [-0.2, 0) is 14.6 Å². The fourth-order valence-corrected chi connectivity index (χ4v) is 4.02. The quantitative estimate of drug-likeness (QED) is 0.727. The SMILES string of the molecule is CS(=O)(=O)c1ccc(OC2CCN(C3CCN(C#N)CC3)C2=O)c(F)c1. The van der Waals surface area contributed by atoms with Crippen molar-refractivity contribution in [2.75, 3.05) is 25.9 Å². The van der Waals surface area contributed by atoms with Gasteiger partial charge in [-0.2, -0.15) is 5.26 Å². The van der Waals surface area contributed by atoms with Gasteiger partial charge in [0.2, 0.25) is 0 Å². The van der Waals surface area contributed by atoms with Crippen molar-refractivity contribution in [2.45, 2.75) is 36.3 Å². The van der Waals surface area contributed by atoms with Gasteiger partial charge in [0, 0.05) is 38.4 Å². The van der Waals surface area contributed by atoms with E-state index in [2.05, 4.69) is 6.19 Å². The van der Waals surface area contributed by atoms with Gasteiger partial charge in [-0.25, -0.2) is 12.8 Å². The Bertz CT molecular complexity index is 844. The number of piperidine rings is 1. The molecule has 2 aliphatic rings. The Morgan fingerprint density at radius 1 is 1.23 bits per heavy atom. The van der Waals surface area contributed by atoms with Crippen LogP contribution < -0.4 is 4.74 Å². The third-order valence-corrected chi connectivity index (χ3v) is 5.95. The molecule has 0 bridgehead atoms. The largest absolute Gasteiger partial charge is 0.477 e. The number of carbonyl (C=O) groups excluding carboxylic acids is 1. The smallest absolute Gasteiger partial charge is 0.263 e. The van der Waals surface area contributed by atoms with Crippen LogP contribution in [0.4, 0.5) is 4.39 Å². The molecule has 0 aliphatic carbocycles. The number of ether oxygens (including phenoxy) is 1. The van der Waals surface area contributed by atoms with Gasteiger partial charge in [-0.15, -0.1) is 0 Å². The molecule has 0 saturated carbocycles. The number of nitriles is 1. The fraction of sp³-hybridized carbons (Fsp3) is 0.529. The molecule has 26 heavy (non-hydrogen) atoms. The number of carbonyl (C=O) groups is 1. The van der Waals surface area contributed by atoms with Crippen LogP contribution in [-0.4, -0.2) is 62.2 Å². The van der Waals surface area contributed by atoms with Gasteiger partial charge in [0.1, 0.15) is 0 Å². The van der Waals surface area contributed by atoms with E-state index in [4.69, 9.17) is 10.00 Å². The maximum absolute atomic E-state index is 14.1. The number of benzene rings is 1. The Labute approximate surface area is 151 Å². The monoisotopic (exact) mass is 381 g/mol. The van der Waals surface area contributed by atoms with Gasteiger partial charge >= 0.3 is 0 Å². The number of likely N-dealkylation sites (tertiary alicyclic amines) is 2. The molecule has 1 atom stereocenters. The maximum atomic E-state index is 14.1. The van der Waals surface area contributed by atoms with Crippen LogP contribution in [0.3, 0.4) is 0 Å². The highest BCUT2D eigenvalue weighted by Gasteiger charge is 2.38. The first-order valence-electron chi connectivity index (χ1n) is 8.41. The normalized spacial score (nSPS) is 21.7. The molecule has 1 aromatic rings. The molecule has 0 radical (unpaired) electrons. The Balaban J connectivity index is 1.65. The first kappa shape index (κ1) is 18.5. The molecule has 3 rings (SSSR count). The van der Waals surface area contributed by atoms with Crippen LogP contribution in [0.2, 0.25) is 0 Å². The number of rotatable bonds is 4. The van der Waals surface area contributed by atoms with Crippen molar-refractivity contribution in [1.29, 1.82) is 5.26 Å². The highest BCUT2D eigenvalue weighted by Crippen LogP contribution is 2.27. The first-order chi connectivity index (χ1) is 12.3. The van der Waals surface area contributed by atoms with Gasteiger partial charge in [-0.3, -0.25) is 4.79 Å². The Morgan fingerprint density at radius 2 is 1.92 bits per heavy atom.